The molecule has 0 aromatic carbocycles. The molecule has 4 aliphatic rings. The molecule has 4 bridgehead atoms. The van der Waals surface area contributed by atoms with Crippen molar-refractivity contribution >= 4 is 5.97 Å². The molecule has 4 atom stereocenters. The summed E-state index contributed by atoms with van der Waals surface area (Å²) in [5.74, 6) is -0.726. The Labute approximate surface area is 125 Å². The van der Waals surface area contributed by atoms with Gasteiger partial charge in [0.2, 0.25) is 0 Å². The van der Waals surface area contributed by atoms with Crippen molar-refractivity contribution in [1.82, 2.24) is 0 Å². The first-order chi connectivity index (χ1) is 9.55. The van der Waals surface area contributed by atoms with Crippen LogP contribution in [0.25, 0.3) is 0 Å². The maximum Gasteiger partial charge on any atom is 0.309 e. The van der Waals surface area contributed by atoms with Crippen molar-refractivity contribution < 1.29 is 24.9 Å². The maximum absolute atomic E-state index is 12.2. The summed E-state index contributed by atoms with van der Waals surface area (Å²) in [5, 5.41) is 32.2. The minimum atomic E-state index is -1.35. The highest BCUT2D eigenvalue weighted by Crippen LogP contribution is 2.64. The van der Waals surface area contributed by atoms with Gasteiger partial charge in [-0.2, -0.15) is 0 Å². The third-order valence-electron chi connectivity index (χ3n) is 6.18. The molecule has 4 aliphatic carbocycles. The Morgan fingerprint density at radius 3 is 2.14 bits per heavy atom. The molecule has 3 N–H and O–H groups in total. The molecular weight excluding hydrogens is 272 g/mol. The highest BCUT2D eigenvalue weighted by Gasteiger charge is 2.73. The van der Waals surface area contributed by atoms with Crippen LogP contribution in [-0.4, -0.2) is 43.7 Å². The Morgan fingerprint density at radius 2 is 1.71 bits per heavy atom. The van der Waals surface area contributed by atoms with E-state index in [0.29, 0.717) is 25.7 Å². The second-order valence-electron chi connectivity index (χ2n) is 7.95. The van der Waals surface area contributed by atoms with Gasteiger partial charge < -0.3 is 20.1 Å². The predicted octanol–water partition coefficient (Wildman–Crippen LogP) is 1.14. The zero-order valence-electron chi connectivity index (χ0n) is 13.1. The van der Waals surface area contributed by atoms with Crippen LogP contribution in [0.2, 0.25) is 0 Å². The van der Waals surface area contributed by atoms with Crippen molar-refractivity contribution in [2.24, 2.45) is 11.8 Å². The monoisotopic (exact) mass is 298 g/mol. The van der Waals surface area contributed by atoms with E-state index in [-0.39, 0.29) is 30.6 Å². The quantitative estimate of drug-likeness (QED) is 0.680. The fourth-order valence-electron chi connectivity index (χ4n) is 4.94. The van der Waals surface area contributed by atoms with Gasteiger partial charge in [0.05, 0.1) is 17.1 Å². The van der Waals surface area contributed by atoms with Crippen molar-refractivity contribution in [3.63, 3.8) is 0 Å². The predicted molar refractivity (Wildman–Crippen MR) is 75.4 cm³/mol. The topological polar surface area (TPSA) is 87.0 Å². The molecule has 4 saturated carbocycles. The molecule has 0 spiro atoms. The van der Waals surface area contributed by atoms with Crippen LogP contribution in [0, 0.1) is 11.8 Å². The van der Waals surface area contributed by atoms with Crippen LogP contribution >= 0.6 is 0 Å². The second-order valence-corrected chi connectivity index (χ2v) is 7.95. The Morgan fingerprint density at radius 1 is 1.19 bits per heavy atom. The first kappa shape index (κ1) is 15.3. The molecule has 0 amide bonds. The van der Waals surface area contributed by atoms with Crippen LogP contribution in [-0.2, 0) is 9.53 Å². The lowest BCUT2D eigenvalue weighted by atomic mass is 9.45. The van der Waals surface area contributed by atoms with Gasteiger partial charge in [-0.25, -0.2) is 0 Å². The number of ether oxygens (including phenoxy) is 1. The fraction of sp³-hybridized carbons (Fsp3) is 0.938. The van der Waals surface area contributed by atoms with E-state index in [0.717, 1.165) is 0 Å². The third-order valence-corrected chi connectivity index (χ3v) is 6.18. The number of esters is 1. The highest BCUT2D eigenvalue weighted by atomic mass is 16.6. The van der Waals surface area contributed by atoms with Crippen LogP contribution in [0.3, 0.4) is 0 Å². The lowest BCUT2D eigenvalue weighted by molar-refractivity contribution is -0.331. The number of carbonyl (C=O) groups is 1. The van der Waals surface area contributed by atoms with Crippen LogP contribution < -0.4 is 0 Å². The van der Waals surface area contributed by atoms with Crippen molar-refractivity contribution in [3.8, 4) is 0 Å². The maximum atomic E-state index is 12.2. The van der Waals surface area contributed by atoms with E-state index >= 15 is 0 Å². The fourth-order valence-corrected chi connectivity index (χ4v) is 4.94. The van der Waals surface area contributed by atoms with E-state index in [1.165, 1.54) is 0 Å². The van der Waals surface area contributed by atoms with E-state index in [4.69, 9.17) is 4.74 Å². The average molecular weight is 298 g/mol. The van der Waals surface area contributed by atoms with Gasteiger partial charge in [0.25, 0.3) is 0 Å². The number of rotatable bonds is 3. The Balaban J connectivity index is 1.92. The zero-order chi connectivity index (χ0) is 15.7. The van der Waals surface area contributed by atoms with Gasteiger partial charge in [0.15, 0.2) is 0 Å². The van der Waals surface area contributed by atoms with Crippen LogP contribution in [0.5, 0.6) is 0 Å². The smallest absolute Gasteiger partial charge is 0.309 e. The van der Waals surface area contributed by atoms with E-state index in [2.05, 4.69) is 0 Å². The lowest BCUT2D eigenvalue weighted by Crippen LogP contribution is -2.77. The van der Waals surface area contributed by atoms with Crippen molar-refractivity contribution in [3.05, 3.63) is 0 Å². The first-order valence-electron chi connectivity index (χ1n) is 7.95. The van der Waals surface area contributed by atoms with Gasteiger partial charge in [-0.05, 0) is 26.2 Å². The van der Waals surface area contributed by atoms with Crippen LogP contribution in [0.1, 0.15) is 59.3 Å². The Kier molecular flexibility index (Phi) is 3.06. The van der Waals surface area contributed by atoms with Gasteiger partial charge in [0.1, 0.15) is 11.2 Å². The summed E-state index contributed by atoms with van der Waals surface area (Å²) in [4.78, 5) is 12.2. The van der Waals surface area contributed by atoms with Gasteiger partial charge in [-0.15, -0.1) is 0 Å². The molecule has 0 aromatic rings. The third kappa shape index (κ3) is 2.05. The first-order valence-corrected chi connectivity index (χ1v) is 7.95. The molecule has 4 rings (SSSR count). The number of carbonyl (C=O) groups excluding carboxylic acids is 1. The molecule has 4 fully saturated rings. The average Bonchev–Trinajstić information content (AvgIpc) is 2.31. The summed E-state index contributed by atoms with van der Waals surface area (Å²) in [6, 6.07) is 0. The van der Waals surface area contributed by atoms with Gasteiger partial charge in [0, 0.05) is 25.2 Å². The van der Waals surface area contributed by atoms with Crippen molar-refractivity contribution in [2.45, 2.75) is 81.7 Å². The SMILES string of the molecule is CCC(C)C(=O)OC1(C)C2CC3(O)CC(O)(C2)CC1(O)C3. The van der Waals surface area contributed by atoms with Crippen LogP contribution in [0.15, 0.2) is 0 Å². The van der Waals surface area contributed by atoms with E-state index in [1.807, 2.05) is 13.8 Å². The summed E-state index contributed by atoms with van der Waals surface area (Å²) in [7, 11) is 0. The van der Waals surface area contributed by atoms with Crippen molar-refractivity contribution in [1.29, 1.82) is 0 Å². The molecule has 4 unspecified atom stereocenters. The number of hydrogen-bond acceptors (Lipinski definition) is 5. The number of aliphatic hydroxyl groups is 3. The molecule has 0 radical (unpaired) electrons. The molecule has 0 heterocycles. The second kappa shape index (κ2) is 4.21. The van der Waals surface area contributed by atoms with Gasteiger partial charge in [-0.3, -0.25) is 4.79 Å². The summed E-state index contributed by atoms with van der Waals surface area (Å²) < 4.78 is 5.75. The zero-order valence-corrected chi connectivity index (χ0v) is 13.1. The molecule has 120 valence electrons. The van der Waals surface area contributed by atoms with Gasteiger partial charge in [-0.1, -0.05) is 13.8 Å². The molecular formula is C16H26O5. The molecule has 0 saturated heterocycles. The van der Waals surface area contributed by atoms with Gasteiger partial charge >= 0.3 is 5.97 Å². The highest BCUT2D eigenvalue weighted by molar-refractivity contribution is 5.72. The Bertz CT molecular complexity index is 457. The largest absolute Gasteiger partial charge is 0.456 e. The minimum Gasteiger partial charge on any atom is -0.456 e. The summed E-state index contributed by atoms with van der Waals surface area (Å²) in [6.45, 7) is 5.50. The van der Waals surface area contributed by atoms with E-state index in [9.17, 15) is 20.1 Å². The summed E-state index contributed by atoms with van der Waals surface area (Å²) >= 11 is 0. The van der Waals surface area contributed by atoms with Crippen molar-refractivity contribution in [2.75, 3.05) is 0 Å². The molecule has 5 nitrogen and oxygen atoms in total. The molecule has 5 heteroatoms. The summed E-state index contributed by atoms with van der Waals surface area (Å²) in [5.41, 5.74) is -4.44. The lowest BCUT2D eigenvalue weighted by Gasteiger charge is -2.67. The van der Waals surface area contributed by atoms with E-state index < -0.39 is 22.4 Å². The van der Waals surface area contributed by atoms with E-state index in [1.54, 1.807) is 6.92 Å². The van der Waals surface area contributed by atoms with Crippen LogP contribution in [0.4, 0.5) is 0 Å². The standard InChI is InChI=1S/C16H26O5/c1-4-10(2)12(17)21-13(3)11-5-14(18)7-15(19,6-11)9-16(13,20)8-14/h10-11,18-20H,4-9H2,1-3H3. The number of hydrogen-bond donors (Lipinski definition) is 3. The minimum absolute atomic E-state index is 0.170. The normalized spacial score (nSPS) is 52.8. The summed E-state index contributed by atoms with van der Waals surface area (Å²) in [6.07, 6.45) is 2.29. The molecule has 0 aliphatic heterocycles. The molecule has 21 heavy (non-hydrogen) atoms. The Hall–Kier alpha value is -0.650. The molecule has 0 aromatic heterocycles.